The number of aliphatic carboxylic acids is 2. The van der Waals surface area contributed by atoms with Gasteiger partial charge in [-0.2, -0.15) is 0 Å². The van der Waals surface area contributed by atoms with Gasteiger partial charge < -0.3 is 36.8 Å². The molecule has 2 aromatic rings. The molecule has 3 amide bonds. The number of nitrogens with zero attached hydrogens (tertiary/aromatic N) is 1. The molecule has 1 aliphatic carbocycles. The number of carbonyl (C=O) groups excluding carboxylic acids is 5. The second kappa shape index (κ2) is 15.9. The van der Waals surface area contributed by atoms with E-state index in [0.717, 1.165) is 11.1 Å². The molecule has 0 aliphatic heterocycles. The van der Waals surface area contributed by atoms with Gasteiger partial charge in [0, 0.05) is 61.1 Å². The molecule has 46 heavy (non-hydrogen) atoms. The van der Waals surface area contributed by atoms with Crippen LogP contribution in [0, 0.1) is 5.92 Å². The van der Waals surface area contributed by atoms with Crippen molar-refractivity contribution in [1.82, 2.24) is 16.0 Å². The maximum atomic E-state index is 13.6. The summed E-state index contributed by atoms with van der Waals surface area (Å²) in [4.78, 5) is 89.3. The van der Waals surface area contributed by atoms with Gasteiger partial charge in [-0.15, -0.1) is 0 Å². The van der Waals surface area contributed by atoms with Gasteiger partial charge in [-0.05, 0) is 44.2 Å². The number of hydrogen-bond acceptors (Lipinski definition) is 9. The molecule has 0 saturated heterocycles. The fraction of sp³-hybridized carbons (Fsp3) is 0.469. The smallest absolute Gasteiger partial charge is 0.326 e. The summed E-state index contributed by atoms with van der Waals surface area (Å²) in [5.74, 6) is -6.18. The van der Waals surface area contributed by atoms with E-state index in [1.807, 2.05) is 31.1 Å². The van der Waals surface area contributed by atoms with Crippen molar-refractivity contribution in [1.29, 1.82) is 0 Å². The molecule has 0 saturated carbocycles. The van der Waals surface area contributed by atoms with Crippen LogP contribution in [0.3, 0.4) is 0 Å². The van der Waals surface area contributed by atoms with Gasteiger partial charge in [-0.25, -0.2) is 4.79 Å². The molecule has 0 fully saturated rings. The number of nitrogens with one attached hydrogen (secondary N) is 3. The summed E-state index contributed by atoms with van der Waals surface area (Å²) in [6.07, 6.45) is -0.420. The quantitative estimate of drug-likeness (QED) is 0.135. The Bertz CT molecular complexity index is 1500. The first-order chi connectivity index (χ1) is 21.8. The molecule has 7 N–H and O–H groups in total. The number of nitrogens with two attached hydrogens (primary N) is 1. The topological polar surface area (TPSA) is 225 Å². The van der Waals surface area contributed by atoms with E-state index in [2.05, 4.69) is 16.0 Å². The van der Waals surface area contributed by atoms with Crippen molar-refractivity contribution in [2.24, 2.45) is 11.7 Å². The lowest BCUT2D eigenvalue weighted by molar-refractivity contribution is -0.142. The lowest BCUT2D eigenvalue weighted by atomic mass is 9.77. The number of carboxylic acids is 2. The molecular weight excluding hydrogens is 598 g/mol. The highest BCUT2D eigenvalue weighted by Crippen LogP contribution is 2.38. The Morgan fingerprint density at radius 3 is 2.17 bits per heavy atom. The van der Waals surface area contributed by atoms with Crippen LogP contribution in [-0.2, 0) is 24.0 Å². The zero-order valence-corrected chi connectivity index (χ0v) is 26.1. The van der Waals surface area contributed by atoms with Gasteiger partial charge in [0.25, 0.3) is 0 Å². The number of benzene rings is 2. The molecule has 248 valence electrons. The first kappa shape index (κ1) is 35.6. The van der Waals surface area contributed by atoms with Crippen molar-refractivity contribution in [3.8, 4) is 0 Å². The third kappa shape index (κ3) is 8.65. The maximum absolute atomic E-state index is 13.6. The van der Waals surface area contributed by atoms with Crippen LogP contribution in [0.4, 0.5) is 5.69 Å². The van der Waals surface area contributed by atoms with Crippen LogP contribution in [0.25, 0.3) is 10.8 Å². The number of anilines is 1. The lowest BCUT2D eigenvalue weighted by Crippen LogP contribution is -2.52. The summed E-state index contributed by atoms with van der Waals surface area (Å²) in [5.41, 5.74) is 7.52. The number of Topliss-reactive ketones (excluding diaryl/α,β-unsaturated/α-hetero) is 2. The molecule has 14 heteroatoms. The Labute approximate surface area is 266 Å². The van der Waals surface area contributed by atoms with E-state index in [1.165, 1.54) is 0 Å². The van der Waals surface area contributed by atoms with Crippen molar-refractivity contribution in [2.45, 2.75) is 70.0 Å². The van der Waals surface area contributed by atoms with Crippen molar-refractivity contribution >= 4 is 57.7 Å². The molecule has 0 heterocycles. The van der Waals surface area contributed by atoms with Crippen LogP contribution in [-0.4, -0.2) is 90.2 Å². The maximum Gasteiger partial charge on any atom is 0.326 e. The zero-order valence-electron chi connectivity index (χ0n) is 26.1. The summed E-state index contributed by atoms with van der Waals surface area (Å²) >= 11 is 0. The summed E-state index contributed by atoms with van der Waals surface area (Å²) in [6, 6.07) is 5.34. The minimum Gasteiger partial charge on any atom is -0.481 e. The first-order valence-electron chi connectivity index (χ1n) is 15.2. The monoisotopic (exact) mass is 639 g/mol. The second-order valence-electron chi connectivity index (χ2n) is 11.5. The van der Waals surface area contributed by atoms with Gasteiger partial charge in [-0.1, -0.05) is 25.1 Å². The minimum atomic E-state index is -1.35. The number of rotatable bonds is 17. The van der Waals surface area contributed by atoms with Crippen LogP contribution < -0.4 is 26.6 Å². The highest BCUT2D eigenvalue weighted by Gasteiger charge is 2.37. The van der Waals surface area contributed by atoms with Crippen molar-refractivity contribution in [3.63, 3.8) is 0 Å². The predicted molar refractivity (Wildman–Crippen MR) is 169 cm³/mol. The largest absolute Gasteiger partial charge is 0.481 e. The number of carboxylic acid groups (broad SMARTS) is 2. The van der Waals surface area contributed by atoms with E-state index in [-0.39, 0.29) is 56.6 Å². The second-order valence-corrected chi connectivity index (χ2v) is 11.5. The summed E-state index contributed by atoms with van der Waals surface area (Å²) in [7, 11) is 3.73. The first-order valence-corrected chi connectivity index (χ1v) is 15.2. The third-order valence-electron chi connectivity index (χ3n) is 7.98. The number of amides is 3. The van der Waals surface area contributed by atoms with E-state index in [0.29, 0.717) is 22.9 Å². The Balaban J connectivity index is 1.71. The Kier molecular flexibility index (Phi) is 12.3. The number of hydrogen-bond donors (Lipinski definition) is 6. The van der Waals surface area contributed by atoms with Crippen LogP contribution in [0.15, 0.2) is 30.3 Å². The molecule has 1 unspecified atom stereocenters. The van der Waals surface area contributed by atoms with E-state index in [4.69, 9.17) is 10.8 Å². The SMILES string of the molecule is CC[C@H](N)C(=O)N[C@H](CCC1C(=O)c2cccc3c(N(C)C)ccc(c23)C1=O)C(=O)NCC[C@@H](NC(=O)CCCC(=O)O)C(=O)O. The Morgan fingerprint density at radius 1 is 0.891 bits per heavy atom. The highest BCUT2D eigenvalue weighted by atomic mass is 16.4. The third-order valence-corrected chi connectivity index (χ3v) is 7.98. The fourth-order valence-electron chi connectivity index (χ4n) is 5.40. The van der Waals surface area contributed by atoms with Crippen LogP contribution in [0.1, 0.15) is 72.6 Å². The van der Waals surface area contributed by atoms with Gasteiger partial charge in [0.05, 0.1) is 12.0 Å². The molecule has 4 atom stereocenters. The molecule has 0 spiro atoms. The van der Waals surface area contributed by atoms with Gasteiger partial charge in [0.15, 0.2) is 11.6 Å². The van der Waals surface area contributed by atoms with Crippen LogP contribution >= 0.6 is 0 Å². The summed E-state index contributed by atoms with van der Waals surface area (Å²) in [5, 5.41) is 27.0. The minimum absolute atomic E-state index is 0.0371. The van der Waals surface area contributed by atoms with Crippen molar-refractivity contribution in [3.05, 3.63) is 41.5 Å². The fourth-order valence-corrected chi connectivity index (χ4v) is 5.40. The molecule has 14 nitrogen and oxygen atoms in total. The van der Waals surface area contributed by atoms with Crippen molar-refractivity contribution in [2.75, 3.05) is 25.5 Å². The average Bonchev–Trinajstić information content (AvgIpc) is 3.01. The van der Waals surface area contributed by atoms with E-state index in [9.17, 15) is 38.7 Å². The lowest BCUT2D eigenvalue weighted by Gasteiger charge is -2.27. The molecular formula is C32H41N5O9. The van der Waals surface area contributed by atoms with E-state index < -0.39 is 53.7 Å². The molecule has 0 bridgehead atoms. The molecule has 1 aliphatic rings. The predicted octanol–water partition coefficient (Wildman–Crippen LogP) is 1.23. The van der Waals surface area contributed by atoms with Gasteiger partial charge in [0.2, 0.25) is 17.7 Å². The van der Waals surface area contributed by atoms with Crippen LogP contribution in [0.5, 0.6) is 0 Å². The highest BCUT2D eigenvalue weighted by molar-refractivity contribution is 6.30. The molecule has 0 radical (unpaired) electrons. The van der Waals surface area contributed by atoms with E-state index in [1.54, 1.807) is 25.1 Å². The van der Waals surface area contributed by atoms with Gasteiger partial charge in [0.1, 0.15) is 12.1 Å². The zero-order chi connectivity index (χ0) is 34.1. The van der Waals surface area contributed by atoms with Crippen LogP contribution in [0.2, 0.25) is 0 Å². The average molecular weight is 640 g/mol. The Morgan fingerprint density at radius 2 is 1.57 bits per heavy atom. The van der Waals surface area contributed by atoms with Gasteiger partial charge in [-0.3, -0.25) is 28.8 Å². The number of ketones is 2. The molecule has 0 aromatic heterocycles. The normalized spacial score (nSPS) is 15.9. The molecule has 2 aromatic carbocycles. The summed E-state index contributed by atoms with van der Waals surface area (Å²) in [6.45, 7) is 1.50. The molecule has 3 rings (SSSR count). The summed E-state index contributed by atoms with van der Waals surface area (Å²) < 4.78 is 0. The number of carbonyl (C=O) groups is 7. The Hall–Kier alpha value is -4.85. The van der Waals surface area contributed by atoms with Gasteiger partial charge >= 0.3 is 11.9 Å². The standard InChI is InChI=1S/C32H41N5O9/c1-4-21(33)30(43)36-22(31(44)34-16-15-23(32(45)46)35-25(38)9-6-10-26(39)40)13-11-20-28(41)18-8-5-7-17-24(37(2)3)14-12-19(27(17)18)29(20)42/h5,7-8,12,14,20-23H,4,6,9-11,13,15-16,33H2,1-3H3,(H,34,44)(H,35,38)(H,36,43)(H,39,40)(H,45,46)/t20?,21-,22+,23+/m0/s1. The van der Waals surface area contributed by atoms with E-state index >= 15 is 0 Å². The van der Waals surface area contributed by atoms with Crippen molar-refractivity contribution < 1.29 is 43.8 Å².